The molecule has 1 N–H and O–H groups in total. The first-order chi connectivity index (χ1) is 8.91. The Labute approximate surface area is 113 Å². The van der Waals surface area contributed by atoms with Gasteiger partial charge in [-0.1, -0.05) is 6.92 Å². The van der Waals surface area contributed by atoms with Crippen molar-refractivity contribution in [1.29, 1.82) is 0 Å². The van der Waals surface area contributed by atoms with Crippen molar-refractivity contribution in [1.82, 2.24) is 8.61 Å². The van der Waals surface area contributed by atoms with Crippen LogP contribution in [0.25, 0.3) is 0 Å². The maximum Gasteiger partial charge on any atom is 0.334 e. The van der Waals surface area contributed by atoms with Gasteiger partial charge in [0, 0.05) is 19.6 Å². The Morgan fingerprint density at radius 1 is 1.21 bits per heavy atom. The van der Waals surface area contributed by atoms with Crippen molar-refractivity contribution < 1.29 is 23.1 Å². The topological polar surface area (TPSA) is 87.2 Å². The van der Waals surface area contributed by atoms with Crippen LogP contribution in [0.1, 0.15) is 19.8 Å². The van der Waals surface area contributed by atoms with E-state index in [0.29, 0.717) is 19.0 Å². The molecular weight excluding hydrogens is 272 g/mol. The summed E-state index contributed by atoms with van der Waals surface area (Å²) in [6, 6.07) is 0. The lowest BCUT2D eigenvalue weighted by Gasteiger charge is -2.36. The van der Waals surface area contributed by atoms with Crippen LogP contribution in [0, 0.1) is 5.92 Å². The molecule has 0 aromatic heterocycles. The van der Waals surface area contributed by atoms with E-state index in [-0.39, 0.29) is 19.7 Å². The summed E-state index contributed by atoms with van der Waals surface area (Å²) in [5.41, 5.74) is 0. The number of piperidine rings is 1. The highest BCUT2D eigenvalue weighted by atomic mass is 32.2. The first kappa shape index (κ1) is 14.7. The van der Waals surface area contributed by atoms with Gasteiger partial charge in [0.1, 0.15) is 0 Å². The number of aliphatic carboxylic acids is 1. The Bertz CT molecular complexity index is 430. The second kappa shape index (κ2) is 5.74. The number of carboxylic acid groups (broad SMARTS) is 1. The van der Waals surface area contributed by atoms with E-state index in [9.17, 15) is 13.2 Å². The Morgan fingerprint density at radius 2 is 1.84 bits per heavy atom. The third kappa shape index (κ3) is 3.25. The number of rotatable bonds is 3. The molecule has 0 spiro atoms. The van der Waals surface area contributed by atoms with E-state index in [0.717, 1.165) is 12.8 Å². The molecule has 110 valence electrons. The van der Waals surface area contributed by atoms with E-state index >= 15 is 0 Å². The molecule has 0 radical (unpaired) electrons. The van der Waals surface area contributed by atoms with Crippen LogP contribution in [-0.4, -0.2) is 67.0 Å². The van der Waals surface area contributed by atoms with Crippen molar-refractivity contribution in [3.05, 3.63) is 0 Å². The van der Waals surface area contributed by atoms with Crippen LogP contribution < -0.4 is 0 Å². The summed E-state index contributed by atoms with van der Waals surface area (Å²) in [5, 5.41) is 8.91. The molecule has 0 bridgehead atoms. The van der Waals surface area contributed by atoms with Gasteiger partial charge in [0.2, 0.25) is 0 Å². The quantitative estimate of drug-likeness (QED) is 0.775. The maximum atomic E-state index is 12.4. The van der Waals surface area contributed by atoms with Crippen LogP contribution >= 0.6 is 0 Å². The Morgan fingerprint density at radius 3 is 2.42 bits per heavy atom. The highest BCUT2D eigenvalue weighted by Gasteiger charge is 2.37. The minimum atomic E-state index is -3.55. The zero-order chi connectivity index (χ0) is 14.0. The molecule has 2 saturated heterocycles. The third-order valence-corrected chi connectivity index (χ3v) is 5.70. The van der Waals surface area contributed by atoms with Crippen LogP contribution in [0.15, 0.2) is 0 Å². The van der Waals surface area contributed by atoms with Crippen molar-refractivity contribution >= 4 is 16.2 Å². The van der Waals surface area contributed by atoms with Crippen molar-refractivity contribution in [3.63, 3.8) is 0 Å². The van der Waals surface area contributed by atoms with E-state index in [1.165, 1.54) is 8.61 Å². The first-order valence-electron chi connectivity index (χ1n) is 6.51. The standard InChI is InChI=1S/C11H20N2O5S/c1-9-2-4-12(5-3-9)19(16,17)13-6-7-18-10(8-13)11(14)15/h9-10H,2-8H2,1H3,(H,14,15). The van der Waals surface area contributed by atoms with Gasteiger partial charge < -0.3 is 9.84 Å². The Hall–Kier alpha value is -0.700. The second-order valence-corrected chi connectivity index (χ2v) is 7.07. The zero-order valence-corrected chi connectivity index (χ0v) is 11.8. The number of nitrogens with zero attached hydrogens (tertiary/aromatic N) is 2. The van der Waals surface area contributed by atoms with Gasteiger partial charge in [0.05, 0.1) is 13.2 Å². The van der Waals surface area contributed by atoms with E-state index in [2.05, 4.69) is 6.92 Å². The predicted molar refractivity (Wildman–Crippen MR) is 67.8 cm³/mol. The average molecular weight is 292 g/mol. The molecule has 2 aliphatic rings. The fourth-order valence-electron chi connectivity index (χ4n) is 2.36. The monoisotopic (exact) mass is 292 g/mol. The molecule has 8 heteroatoms. The number of ether oxygens (including phenoxy) is 1. The highest BCUT2D eigenvalue weighted by molar-refractivity contribution is 7.86. The maximum absolute atomic E-state index is 12.4. The van der Waals surface area contributed by atoms with Crippen molar-refractivity contribution in [2.75, 3.05) is 32.8 Å². The molecule has 7 nitrogen and oxygen atoms in total. The van der Waals surface area contributed by atoms with Gasteiger partial charge in [-0.05, 0) is 18.8 Å². The van der Waals surface area contributed by atoms with Crippen molar-refractivity contribution in [3.8, 4) is 0 Å². The molecule has 1 atom stereocenters. The Kier molecular flexibility index (Phi) is 4.44. The van der Waals surface area contributed by atoms with E-state index in [1.807, 2.05) is 0 Å². The molecule has 2 fully saturated rings. The lowest BCUT2D eigenvalue weighted by atomic mass is 10.0. The van der Waals surface area contributed by atoms with Gasteiger partial charge in [-0.2, -0.15) is 17.0 Å². The molecule has 0 aromatic rings. The summed E-state index contributed by atoms with van der Waals surface area (Å²) >= 11 is 0. The minimum Gasteiger partial charge on any atom is -0.479 e. The van der Waals surface area contributed by atoms with Crippen LogP contribution in [0.5, 0.6) is 0 Å². The molecule has 0 aliphatic carbocycles. The van der Waals surface area contributed by atoms with Crippen LogP contribution in [0.2, 0.25) is 0 Å². The normalized spacial score (nSPS) is 28.4. The molecule has 0 saturated carbocycles. The summed E-state index contributed by atoms with van der Waals surface area (Å²) in [7, 11) is -3.55. The smallest absolute Gasteiger partial charge is 0.334 e. The lowest BCUT2D eigenvalue weighted by molar-refractivity contribution is -0.153. The largest absolute Gasteiger partial charge is 0.479 e. The molecule has 19 heavy (non-hydrogen) atoms. The third-order valence-electron chi connectivity index (χ3n) is 3.70. The first-order valence-corrected chi connectivity index (χ1v) is 7.90. The van der Waals surface area contributed by atoms with Crippen LogP contribution in [-0.2, 0) is 19.7 Å². The zero-order valence-electron chi connectivity index (χ0n) is 11.0. The number of morpholine rings is 1. The van der Waals surface area contributed by atoms with E-state index in [1.54, 1.807) is 0 Å². The highest BCUT2D eigenvalue weighted by Crippen LogP contribution is 2.22. The summed E-state index contributed by atoms with van der Waals surface area (Å²) in [6.45, 7) is 3.37. The molecule has 2 rings (SSSR count). The molecule has 0 aromatic carbocycles. The van der Waals surface area contributed by atoms with E-state index in [4.69, 9.17) is 9.84 Å². The van der Waals surface area contributed by atoms with Gasteiger partial charge in [0.25, 0.3) is 10.2 Å². The van der Waals surface area contributed by atoms with Gasteiger partial charge in [-0.3, -0.25) is 0 Å². The summed E-state index contributed by atoms with van der Waals surface area (Å²) in [4.78, 5) is 10.9. The molecule has 1 unspecified atom stereocenters. The summed E-state index contributed by atoms with van der Waals surface area (Å²) < 4.78 is 32.6. The minimum absolute atomic E-state index is 0.107. The van der Waals surface area contributed by atoms with Gasteiger partial charge in [0.15, 0.2) is 6.10 Å². The number of hydrogen-bond acceptors (Lipinski definition) is 4. The molecular formula is C11H20N2O5S. The predicted octanol–water partition coefficient (Wildman–Crippen LogP) is -0.251. The van der Waals surface area contributed by atoms with Crippen molar-refractivity contribution in [2.45, 2.75) is 25.9 Å². The summed E-state index contributed by atoms with van der Waals surface area (Å²) in [6.07, 6.45) is 0.643. The summed E-state index contributed by atoms with van der Waals surface area (Å²) in [5.74, 6) is -0.574. The fraction of sp³-hybridized carbons (Fsp3) is 0.909. The number of carbonyl (C=O) groups is 1. The molecule has 0 amide bonds. The van der Waals surface area contributed by atoms with Crippen molar-refractivity contribution in [2.24, 2.45) is 5.92 Å². The SMILES string of the molecule is CC1CCN(S(=O)(=O)N2CCOC(C(=O)O)C2)CC1. The lowest BCUT2D eigenvalue weighted by Crippen LogP contribution is -2.54. The van der Waals surface area contributed by atoms with Gasteiger partial charge >= 0.3 is 5.97 Å². The second-order valence-electron chi connectivity index (χ2n) is 5.15. The number of carboxylic acids is 1. The average Bonchev–Trinajstić information content (AvgIpc) is 2.39. The van der Waals surface area contributed by atoms with Gasteiger partial charge in [-0.15, -0.1) is 0 Å². The molecule has 2 aliphatic heterocycles. The van der Waals surface area contributed by atoms with Crippen LogP contribution in [0.4, 0.5) is 0 Å². The molecule has 2 heterocycles. The van der Waals surface area contributed by atoms with Crippen LogP contribution in [0.3, 0.4) is 0 Å². The Balaban J connectivity index is 2.04. The fourth-order valence-corrected chi connectivity index (χ4v) is 3.99. The van der Waals surface area contributed by atoms with Gasteiger partial charge in [-0.25, -0.2) is 4.79 Å². The van der Waals surface area contributed by atoms with E-state index < -0.39 is 22.3 Å². The number of hydrogen-bond donors (Lipinski definition) is 1.